The Kier molecular flexibility index (Phi) is 3.93. The highest BCUT2D eigenvalue weighted by molar-refractivity contribution is 7.14. The lowest BCUT2D eigenvalue weighted by Crippen LogP contribution is -1.88. The minimum absolute atomic E-state index is 0.867. The zero-order valence-corrected chi connectivity index (χ0v) is 12.8. The Hall–Kier alpha value is -2.26. The second-order valence-corrected chi connectivity index (χ2v) is 5.51. The number of hydrogen-bond acceptors (Lipinski definition) is 3. The fourth-order valence-corrected chi connectivity index (χ4v) is 3.28. The van der Waals surface area contributed by atoms with Gasteiger partial charge in [-0.05, 0) is 35.2 Å². The maximum absolute atomic E-state index is 5.48. The van der Waals surface area contributed by atoms with E-state index in [0.717, 1.165) is 22.6 Å². The van der Waals surface area contributed by atoms with Gasteiger partial charge in [-0.15, -0.1) is 11.3 Å². The van der Waals surface area contributed by atoms with E-state index in [1.54, 1.807) is 25.6 Å². The molecule has 3 aromatic rings. The lowest BCUT2D eigenvalue weighted by molar-refractivity contribution is 0.415. The molecule has 106 valence electrons. The van der Waals surface area contributed by atoms with E-state index in [1.165, 1.54) is 10.4 Å². The molecule has 0 spiro atoms. The SMILES string of the molecule is COc1cccc(-c2sccc2-c2ccccc2OC)c1. The second kappa shape index (κ2) is 6.02. The van der Waals surface area contributed by atoms with Crippen LogP contribution in [-0.2, 0) is 0 Å². The molecule has 0 aliphatic carbocycles. The van der Waals surface area contributed by atoms with Gasteiger partial charge in [0.2, 0.25) is 0 Å². The maximum atomic E-state index is 5.48. The summed E-state index contributed by atoms with van der Waals surface area (Å²) in [5, 5.41) is 2.11. The Morgan fingerprint density at radius 3 is 2.48 bits per heavy atom. The average Bonchev–Trinajstić information content (AvgIpc) is 3.04. The first-order valence-electron chi connectivity index (χ1n) is 6.69. The summed E-state index contributed by atoms with van der Waals surface area (Å²) in [6, 6.07) is 18.4. The lowest BCUT2D eigenvalue weighted by Gasteiger charge is -2.10. The third-order valence-electron chi connectivity index (χ3n) is 3.39. The van der Waals surface area contributed by atoms with Crippen LogP contribution in [0.25, 0.3) is 21.6 Å². The third kappa shape index (κ3) is 2.65. The van der Waals surface area contributed by atoms with Crippen LogP contribution in [0.3, 0.4) is 0 Å². The fraction of sp³-hybridized carbons (Fsp3) is 0.111. The summed E-state index contributed by atoms with van der Waals surface area (Å²) in [6.45, 7) is 0. The van der Waals surface area contributed by atoms with Crippen LogP contribution in [0.15, 0.2) is 60.0 Å². The van der Waals surface area contributed by atoms with Gasteiger partial charge in [-0.25, -0.2) is 0 Å². The summed E-state index contributed by atoms with van der Waals surface area (Å²) in [7, 11) is 3.39. The van der Waals surface area contributed by atoms with Crippen molar-refractivity contribution in [1.82, 2.24) is 0 Å². The van der Waals surface area contributed by atoms with Crippen LogP contribution in [0.5, 0.6) is 11.5 Å². The highest BCUT2D eigenvalue weighted by Gasteiger charge is 2.13. The average molecular weight is 296 g/mol. The summed E-state index contributed by atoms with van der Waals surface area (Å²) in [6.07, 6.45) is 0. The summed E-state index contributed by atoms with van der Waals surface area (Å²) in [5.74, 6) is 1.76. The second-order valence-electron chi connectivity index (χ2n) is 4.60. The van der Waals surface area contributed by atoms with Gasteiger partial charge in [0.05, 0.1) is 14.2 Å². The number of para-hydroxylation sites is 1. The van der Waals surface area contributed by atoms with Gasteiger partial charge in [0.25, 0.3) is 0 Å². The van der Waals surface area contributed by atoms with Crippen molar-refractivity contribution in [1.29, 1.82) is 0 Å². The van der Waals surface area contributed by atoms with Crippen molar-refractivity contribution < 1.29 is 9.47 Å². The third-order valence-corrected chi connectivity index (χ3v) is 4.36. The first-order valence-corrected chi connectivity index (χ1v) is 7.56. The summed E-state index contributed by atoms with van der Waals surface area (Å²) in [5.41, 5.74) is 3.45. The van der Waals surface area contributed by atoms with E-state index in [2.05, 4.69) is 29.6 Å². The largest absolute Gasteiger partial charge is 0.497 e. The molecule has 0 atom stereocenters. The maximum Gasteiger partial charge on any atom is 0.126 e. The van der Waals surface area contributed by atoms with Gasteiger partial charge < -0.3 is 9.47 Å². The van der Waals surface area contributed by atoms with Crippen LogP contribution in [0.1, 0.15) is 0 Å². The van der Waals surface area contributed by atoms with Crippen molar-refractivity contribution in [2.24, 2.45) is 0 Å². The van der Waals surface area contributed by atoms with E-state index >= 15 is 0 Å². The molecule has 21 heavy (non-hydrogen) atoms. The lowest BCUT2D eigenvalue weighted by atomic mass is 10.0. The van der Waals surface area contributed by atoms with Crippen molar-refractivity contribution >= 4 is 11.3 Å². The first kappa shape index (κ1) is 13.7. The molecular weight excluding hydrogens is 280 g/mol. The molecule has 0 bridgehead atoms. The van der Waals surface area contributed by atoms with E-state index < -0.39 is 0 Å². The minimum atomic E-state index is 0.867. The molecular formula is C18H16O2S. The number of methoxy groups -OCH3 is 2. The van der Waals surface area contributed by atoms with Gasteiger partial charge in [-0.1, -0.05) is 30.3 Å². The van der Waals surface area contributed by atoms with Gasteiger partial charge in [-0.3, -0.25) is 0 Å². The molecule has 0 saturated carbocycles. The predicted molar refractivity (Wildman–Crippen MR) is 88.3 cm³/mol. The Morgan fingerprint density at radius 2 is 1.67 bits per heavy atom. The zero-order chi connectivity index (χ0) is 14.7. The van der Waals surface area contributed by atoms with Crippen LogP contribution in [0.2, 0.25) is 0 Å². The summed E-state index contributed by atoms with van der Waals surface area (Å²) in [4.78, 5) is 1.22. The molecule has 2 aromatic carbocycles. The van der Waals surface area contributed by atoms with Crippen LogP contribution in [0.4, 0.5) is 0 Å². The van der Waals surface area contributed by atoms with Gasteiger partial charge in [0.1, 0.15) is 11.5 Å². The predicted octanol–water partition coefficient (Wildman–Crippen LogP) is 5.10. The van der Waals surface area contributed by atoms with Crippen molar-refractivity contribution in [2.75, 3.05) is 14.2 Å². The van der Waals surface area contributed by atoms with Crippen LogP contribution >= 0.6 is 11.3 Å². The van der Waals surface area contributed by atoms with Gasteiger partial charge in [-0.2, -0.15) is 0 Å². The Bertz CT molecular complexity index is 746. The van der Waals surface area contributed by atoms with Crippen LogP contribution in [0, 0.1) is 0 Å². The summed E-state index contributed by atoms with van der Waals surface area (Å²) >= 11 is 1.72. The molecule has 2 nitrogen and oxygen atoms in total. The van der Waals surface area contributed by atoms with E-state index in [9.17, 15) is 0 Å². The summed E-state index contributed by atoms with van der Waals surface area (Å²) < 4.78 is 10.8. The van der Waals surface area contributed by atoms with Crippen LogP contribution < -0.4 is 9.47 Å². The highest BCUT2D eigenvalue weighted by Crippen LogP contribution is 2.41. The molecule has 0 aliphatic rings. The topological polar surface area (TPSA) is 18.5 Å². The fourth-order valence-electron chi connectivity index (χ4n) is 2.38. The molecule has 0 N–H and O–H groups in total. The van der Waals surface area contributed by atoms with Crippen molar-refractivity contribution in [2.45, 2.75) is 0 Å². The Labute approximate surface area is 128 Å². The van der Waals surface area contributed by atoms with Gasteiger partial charge in [0.15, 0.2) is 0 Å². The first-order chi connectivity index (χ1) is 10.3. The molecule has 0 unspecified atom stereocenters. The van der Waals surface area contributed by atoms with Gasteiger partial charge >= 0.3 is 0 Å². The molecule has 1 heterocycles. The Morgan fingerprint density at radius 1 is 0.810 bits per heavy atom. The molecule has 3 rings (SSSR count). The van der Waals surface area contributed by atoms with E-state index in [1.807, 2.05) is 30.3 Å². The standard InChI is InChI=1S/C18H16O2S/c1-19-14-7-5-6-13(12-14)18-16(10-11-21-18)15-8-3-4-9-17(15)20-2/h3-12H,1-2H3. The zero-order valence-electron chi connectivity index (χ0n) is 12.0. The Balaban J connectivity index is 2.12. The number of hydrogen-bond donors (Lipinski definition) is 0. The molecule has 3 heteroatoms. The minimum Gasteiger partial charge on any atom is -0.497 e. The van der Waals surface area contributed by atoms with Crippen molar-refractivity contribution in [3.8, 4) is 33.1 Å². The smallest absolute Gasteiger partial charge is 0.126 e. The number of rotatable bonds is 4. The number of thiophene rings is 1. The molecule has 1 aromatic heterocycles. The normalized spacial score (nSPS) is 10.4. The molecule has 0 fully saturated rings. The quantitative estimate of drug-likeness (QED) is 0.667. The van der Waals surface area contributed by atoms with Crippen molar-refractivity contribution in [3.05, 3.63) is 60.0 Å². The highest BCUT2D eigenvalue weighted by atomic mass is 32.1. The van der Waals surface area contributed by atoms with E-state index in [0.29, 0.717) is 0 Å². The molecule has 0 amide bonds. The van der Waals surface area contributed by atoms with Gasteiger partial charge in [0, 0.05) is 16.0 Å². The molecule has 0 aliphatic heterocycles. The monoisotopic (exact) mass is 296 g/mol. The number of benzene rings is 2. The number of ether oxygens (including phenoxy) is 2. The molecule has 0 saturated heterocycles. The molecule has 0 radical (unpaired) electrons. The van der Waals surface area contributed by atoms with E-state index in [-0.39, 0.29) is 0 Å². The van der Waals surface area contributed by atoms with E-state index in [4.69, 9.17) is 9.47 Å². The van der Waals surface area contributed by atoms with Crippen LogP contribution in [-0.4, -0.2) is 14.2 Å². The van der Waals surface area contributed by atoms with Crippen molar-refractivity contribution in [3.63, 3.8) is 0 Å².